The molecule has 0 saturated heterocycles. The molecular weight excluding hydrogens is 465 g/mol. The van der Waals surface area contributed by atoms with Gasteiger partial charge >= 0.3 is 12.1 Å². The highest BCUT2D eigenvalue weighted by molar-refractivity contribution is 6.31. The molecule has 174 valence electrons. The average molecular weight is 483 g/mol. The van der Waals surface area contributed by atoms with Gasteiger partial charge in [0, 0.05) is 23.3 Å². The summed E-state index contributed by atoms with van der Waals surface area (Å²) >= 11 is 5.99. The molecule has 0 atom stereocenters. The molecular formula is C21H18ClF3N4O4. The number of carbonyl (C=O) groups is 3. The minimum absolute atomic E-state index is 0.0333. The van der Waals surface area contributed by atoms with Crippen molar-refractivity contribution in [1.82, 2.24) is 10.3 Å². The number of alkyl halides is 3. The molecule has 0 radical (unpaired) electrons. The van der Waals surface area contributed by atoms with Gasteiger partial charge in [-0.3, -0.25) is 9.59 Å². The molecule has 33 heavy (non-hydrogen) atoms. The van der Waals surface area contributed by atoms with Crippen molar-refractivity contribution < 1.29 is 32.4 Å². The van der Waals surface area contributed by atoms with Gasteiger partial charge in [-0.25, -0.2) is 9.78 Å². The number of rotatable bonds is 4. The number of benzene rings is 1. The second-order valence-corrected chi connectivity index (χ2v) is 7.43. The van der Waals surface area contributed by atoms with Crippen LogP contribution < -0.4 is 15.7 Å². The Morgan fingerprint density at radius 3 is 2.58 bits per heavy atom. The Balaban J connectivity index is 1.98. The SMILES string of the molecule is Cc1ccc(N(OC(=O)C(F)(F)F)C(=O)c2cc(Cl)ccc2NC(=O)C2=CCNCC2)nc1. The smallest absolute Gasteiger partial charge is 0.323 e. The van der Waals surface area contributed by atoms with Crippen molar-refractivity contribution in [2.45, 2.75) is 19.5 Å². The molecule has 1 aliphatic rings. The summed E-state index contributed by atoms with van der Waals surface area (Å²) in [6.07, 6.45) is -1.95. The lowest BCUT2D eigenvalue weighted by Crippen LogP contribution is -2.39. The molecule has 0 spiro atoms. The van der Waals surface area contributed by atoms with Crippen molar-refractivity contribution in [2.24, 2.45) is 0 Å². The van der Waals surface area contributed by atoms with Gasteiger partial charge in [-0.1, -0.05) is 23.7 Å². The van der Waals surface area contributed by atoms with E-state index in [0.29, 0.717) is 30.6 Å². The van der Waals surface area contributed by atoms with Crippen LogP contribution in [0.4, 0.5) is 24.7 Å². The number of amides is 2. The molecule has 0 bridgehead atoms. The number of carbonyl (C=O) groups excluding carboxylic acids is 3. The predicted molar refractivity (Wildman–Crippen MR) is 114 cm³/mol. The second-order valence-electron chi connectivity index (χ2n) is 7.00. The van der Waals surface area contributed by atoms with Gasteiger partial charge in [-0.15, -0.1) is 5.06 Å². The number of nitrogens with one attached hydrogen (secondary N) is 2. The molecule has 2 heterocycles. The van der Waals surface area contributed by atoms with Crippen molar-refractivity contribution in [3.63, 3.8) is 0 Å². The van der Waals surface area contributed by atoms with Gasteiger partial charge < -0.3 is 15.5 Å². The minimum Gasteiger partial charge on any atom is -0.323 e. The topological polar surface area (TPSA) is 101 Å². The van der Waals surface area contributed by atoms with Gasteiger partial charge in [0.1, 0.15) is 0 Å². The first kappa shape index (κ1) is 24.2. The Bertz CT molecular complexity index is 1100. The zero-order chi connectivity index (χ0) is 24.2. The summed E-state index contributed by atoms with van der Waals surface area (Å²) in [6, 6.07) is 6.52. The van der Waals surface area contributed by atoms with Crippen LogP contribution >= 0.6 is 11.6 Å². The van der Waals surface area contributed by atoms with Crippen molar-refractivity contribution in [2.75, 3.05) is 23.5 Å². The standard InChI is InChI=1S/C21H18ClF3N4O4/c1-12-2-5-17(27-11-12)29(33-20(32)21(23,24)25)19(31)15-10-14(22)3-4-16(15)28-18(30)13-6-8-26-9-7-13/h2-6,10-11,26H,7-9H2,1H3,(H,28,30). The maximum Gasteiger partial charge on any atom is 0.493 e. The van der Waals surface area contributed by atoms with Crippen LogP contribution in [0.25, 0.3) is 0 Å². The lowest BCUT2D eigenvalue weighted by Gasteiger charge is -2.22. The van der Waals surface area contributed by atoms with E-state index in [1.54, 1.807) is 13.0 Å². The largest absolute Gasteiger partial charge is 0.493 e. The molecule has 0 unspecified atom stereocenters. The van der Waals surface area contributed by atoms with Crippen LogP contribution in [-0.2, 0) is 14.4 Å². The van der Waals surface area contributed by atoms with E-state index in [-0.39, 0.29) is 27.2 Å². The summed E-state index contributed by atoms with van der Waals surface area (Å²) in [5.74, 6) is -4.67. The highest BCUT2D eigenvalue weighted by Crippen LogP contribution is 2.27. The molecule has 3 rings (SSSR count). The van der Waals surface area contributed by atoms with E-state index < -0.39 is 24.0 Å². The summed E-state index contributed by atoms with van der Waals surface area (Å²) in [6.45, 7) is 2.76. The number of hydrogen-bond acceptors (Lipinski definition) is 6. The van der Waals surface area contributed by atoms with E-state index in [9.17, 15) is 27.6 Å². The van der Waals surface area contributed by atoms with Crippen molar-refractivity contribution in [1.29, 1.82) is 0 Å². The highest BCUT2D eigenvalue weighted by atomic mass is 35.5. The monoisotopic (exact) mass is 482 g/mol. The average Bonchev–Trinajstić information content (AvgIpc) is 2.78. The third-order valence-electron chi connectivity index (χ3n) is 4.51. The van der Waals surface area contributed by atoms with E-state index in [1.807, 2.05) is 0 Å². The Morgan fingerprint density at radius 1 is 1.21 bits per heavy atom. The maximum atomic E-state index is 13.2. The molecule has 8 nitrogen and oxygen atoms in total. The summed E-state index contributed by atoms with van der Waals surface area (Å²) < 4.78 is 38.6. The first-order valence-electron chi connectivity index (χ1n) is 9.63. The molecule has 0 saturated carbocycles. The number of pyridine rings is 1. The minimum atomic E-state index is -5.36. The summed E-state index contributed by atoms with van der Waals surface area (Å²) in [4.78, 5) is 45.6. The Labute approximate surface area is 191 Å². The molecule has 0 aliphatic carbocycles. The number of aryl methyl sites for hydroxylation is 1. The third-order valence-corrected chi connectivity index (χ3v) is 4.74. The number of halogens is 4. The Hall–Kier alpha value is -3.44. The number of hydrogen-bond donors (Lipinski definition) is 2. The fourth-order valence-electron chi connectivity index (χ4n) is 2.85. The molecule has 2 aromatic rings. The van der Waals surface area contributed by atoms with Crippen LogP contribution in [0.3, 0.4) is 0 Å². The number of nitrogens with zero attached hydrogens (tertiary/aromatic N) is 2. The number of anilines is 2. The summed E-state index contributed by atoms with van der Waals surface area (Å²) in [5.41, 5.74) is 0.790. The van der Waals surface area contributed by atoms with E-state index in [0.717, 1.165) is 6.07 Å². The third kappa shape index (κ3) is 6.08. The van der Waals surface area contributed by atoms with Gasteiger partial charge in [-0.05, 0) is 49.7 Å². The fraction of sp³-hybridized carbons (Fsp3) is 0.238. The van der Waals surface area contributed by atoms with Crippen LogP contribution in [0.15, 0.2) is 48.2 Å². The lowest BCUT2D eigenvalue weighted by molar-refractivity contribution is -0.200. The number of aromatic nitrogens is 1. The molecule has 0 fully saturated rings. The first-order chi connectivity index (χ1) is 15.6. The van der Waals surface area contributed by atoms with Crippen LogP contribution in [0, 0.1) is 6.92 Å². The van der Waals surface area contributed by atoms with Gasteiger partial charge in [0.05, 0.1) is 11.3 Å². The first-order valence-corrected chi connectivity index (χ1v) is 10.0. The molecule has 12 heteroatoms. The highest BCUT2D eigenvalue weighted by Gasteiger charge is 2.44. The van der Waals surface area contributed by atoms with Crippen LogP contribution in [0.5, 0.6) is 0 Å². The zero-order valence-corrected chi connectivity index (χ0v) is 18.0. The fourth-order valence-corrected chi connectivity index (χ4v) is 3.02. The van der Waals surface area contributed by atoms with Gasteiger partial charge in [0.2, 0.25) is 0 Å². The van der Waals surface area contributed by atoms with Gasteiger partial charge in [0.25, 0.3) is 11.8 Å². The van der Waals surface area contributed by atoms with Crippen molar-refractivity contribution in [3.05, 3.63) is 64.3 Å². The van der Waals surface area contributed by atoms with Gasteiger partial charge in [0.15, 0.2) is 5.82 Å². The molecule has 1 aliphatic heterocycles. The van der Waals surface area contributed by atoms with Crippen molar-refractivity contribution in [3.8, 4) is 0 Å². The quantitative estimate of drug-likeness (QED) is 0.646. The Morgan fingerprint density at radius 2 is 1.97 bits per heavy atom. The maximum absolute atomic E-state index is 13.2. The van der Waals surface area contributed by atoms with Crippen LogP contribution in [0.1, 0.15) is 22.3 Å². The molecule has 1 aromatic heterocycles. The van der Waals surface area contributed by atoms with E-state index in [4.69, 9.17) is 11.6 Å². The van der Waals surface area contributed by atoms with Crippen LogP contribution in [-0.4, -0.2) is 42.0 Å². The zero-order valence-electron chi connectivity index (χ0n) is 17.2. The summed E-state index contributed by atoms with van der Waals surface area (Å²) in [5, 5.41) is 5.80. The predicted octanol–water partition coefficient (Wildman–Crippen LogP) is 3.57. The Kier molecular flexibility index (Phi) is 7.34. The van der Waals surface area contributed by atoms with E-state index in [2.05, 4.69) is 20.5 Å². The molecule has 2 amide bonds. The van der Waals surface area contributed by atoms with Gasteiger partial charge in [-0.2, -0.15) is 13.2 Å². The summed E-state index contributed by atoms with van der Waals surface area (Å²) in [7, 11) is 0. The normalized spacial score (nSPS) is 13.7. The van der Waals surface area contributed by atoms with Crippen molar-refractivity contribution >= 4 is 40.9 Å². The number of hydroxylamine groups is 1. The van der Waals surface area contributed by atoms with E-state index >= 15 is 0 Å². The lowest BCUT2D eigenvalue weighted by atomic mass is 10.1. The van der Waals surface area contributed by atoms with Crippen LogP contribution in [0.2, 0.25) is 5.02 Å². The molecule has 1 aromatic carbocycles. The molecule has 2 N–H and O–H groups in total. The second kappa shape index (κ2) is 10.0. The van der Waals surface area contributed by atoms with E-state index in [1.165, 1.54) is 30.5 Å².